The van der Waals surface area contributed by atoms with E-state index in [9.17, 15) is 29.4 Å². The second kappa shape index (κ2) is 20.6. The molecule has 1 atom stereocenters. The summed E-state index contributed by atoms with van der Waals surface area (Å²) in [7, 11) is 4.05. The van der Waals surface area contributed by atoms with E-state index in [1.807, 2.05) is 57.4 Å². The van der Waals surface area contributed by atoms with Crippen molar-refractivity contribution in [3.63, 3.8) is 0 Å². The van der Waals surface area contributed by atoms with E-state index in [2.05, 4.69) is 54.9 Å². The average Bonchev–Trinajstić information content (AvgIpc) is 4.19. The van der Waals surface area contributed by atoms with Crippen molar-refractivity contribution in [1.82, 2.24) is 24.3 Å². The molecule has 2 fully saturated rings. The molecule has 7 aromatic rings. The number of benzene rings is 4. The van der Waals surface area contributed by atoms with Gasteiger partial charge in [-0.05, 0) is 155 Å². The molecule has 4 aliphatic rings. The summed E-state index contributed by atoms with van der Waals surface area (Å²) in [5.41, 5.74) is 8.46. The number of phenols is 1. The van der Waals surface area contributed by atoms with Gasteiger partial charge in [0.15, 0.2) is 5.60 Å². The highest BCUT2D eigenvalue weighted by atomic mass is 16.6. The molecule has 3 aromatic heterocycles. The number of aliphatic hydroxyl groups is 1. The van der Waals surface area contributed by atoms with Gasteiger partial charge in [0, 0.05) is 90.1 Å². The van der Waals surface area contributed by atoms with Crippen LogP contribution in [0.3, 0.4) is 0 Å². The largest absolute Gasteiger partial charge is 0.508 e. The summed E-state index contributed by atoms with van der Waals surface area (Å²) in [6.07, 6.45) is 6.63. The topological polar surface area (TPSA) is 194 Å². The van der Waals surface area contributed by atoms with E-state index in [4.69, 9.17) is 14.7 Å². The molecule has 4 aliphatic heterocycles. The Morgan fingerprint density at radius 3 is 1.86 bits per heavy atom. The number of carbonyl (C=O) groups is 3. The molecule has 16 heteroatoms. The molecular formula is C57H63N9O7. The highest BCUT2D eigenvalue weighted by Crippen LogP contribution is 2.41. The molecular weight excluding hydrogens is 923 g/mol. The van der Waals surface area contributed by atoms with Gasteiger partial charge < -0.3 is 50.2 Å². The molecule has 0 saturated carbocycles. The van der Waals surface area contributed by atoms with Gasteiger partial charge in [0.25, 0.3) is 5.56 Å². The number of likely N-dealkylation sites (tertiary alicyclic amines) is 2. The molecule has 378 valence electrons. The first-order chi connectivity index (χ1) is 35.3. The summed E-state index contributed by atoms with van der Waals surface area (Å²) in [6, 6.07) is 26.8. The number of nitrogens with zero attached hydrogens (tertiary/aromatic N) is 6. The Kier molecular flexibility index (Phi) is 13.9. The number of anilines is 5. The second-order valence-corrected chi connectivity index (χ2v) is 19.8. The van der Waals surface area contributed by atoms with E-state index in [1.165, 1.54) is 25.7 Å². The maximum atomic E-state index is 13.2. The Morgan fingerprint density at radius 1 is 0.712 bits per heavy atom. The fourth-order valence-corrected chi connectivity index (χ4v) is 10.8. The van der Waals surface area contributed by atoms with Gasteiger partial charge in [-0.2, -0.15) is 0 Å². The zero-order valence-electron chi connectivity index (χ0n) is 42.0. The predicted octanol–water partition coefficient (Wildman–Crippen LogP) is 8.39. The number of hydrogen-bond donors (Lipinski definition) is 5. The van der Waals surface area contributed by atoms with Crippen molar-refractivity contribution in [2.45, 2.75) is 84.0 Å². The van der Waals surface area contributed by atoms with Crippen molar-refractivity contribution >= 4 is 78.9 Å². The molecule has 2 amide bonds. The Bertz CT molecular complexity index is 3250. The average molecular weight is 986 g/mol. The smallest absolute Gasteiger partial charge is 0.343 e. The molecule has 16 nitrogen and oxygen atoms in total. The van der Waals surface area contributed by atoms with Gasteiger partial charge in [0.2, 0.25) is 11.8 Å². The molecule has 2 saturated heterocycles. The Hall–Kier alpha value is -7.40. The second-order valence-electron chi connectivity index (χ2n) is 19.8. The van der Waals surface area contributed by atoms with Crippen LogP contribution in [-0.4, -0.2) is 106 Å². The lowest BCUT2D eigenvalue weighted by atomic mass is 9.86. The third-order valence-corrected chi connectivity index (χ3v) is 14.8. The number of rotatable bonds is 13. The highest BCUT2D eigenvalue weighted by molar-refractivity contribution is 6.11. The number of aromatic nitrogens is 3. The van der Waals surface area contributed by atoms with Gasteiger partial charge in [0.1, 0.15) is 12.4 Å². The standard InChI is InChI=1S/C35H43N7O2.C22H20N2O5/c1-40(2)28-11-7-25(8-12-28)38-35-29-13-9-26(36-33(43)15-21-41-17-3-4-18-41)23-31(29)39-32-24-27(10-14-30(32)35)37-34(44)16-22-42-19-5-6-20-42;1-3-12-13-7-11(25)5-6-17(13)23-19-14(12)9-24-18(19)8-16-15(20(24)26)10-29-21(27)22(16,28)4-2/h7-14,23-24H,3-6,15-22H2,1-2H3,(H,36,43)(H,37,44)(H,38,39);5-8,25,28H,3-4,9-10H2,1-2H3/t;22-/m.0/s1. The summed E-state index contributed by atoms with van der Waals surface area (Å²) in [4.78, 5) is 67.5. The van der Waals surface area contributed by atoms with Crippen LogP contribution in [0, 0.1) is 0 Å². The number of ether oxygens (including phenoxy) is 1. The number of aromatic hydroxyl groups is 1. The normalized spacial score (nSPS) is 17.2. The van der Waals surface area contributed by atoms with E-state index in [0.717, 1.165) is 112 Å². The predicted molar refractivity (Wildman–Crippen MR) is 287 cm³/mol. The van der Waals surface area contributed by atoms with Crippen LogP contribution in [0.25, 0.3) is 44.1 Å². The quantitative estimate of drug-likeness (QED) is 0.0547. The lowest BCUT2D eigenvalue weighted by Gasteiger charge is -2.31. The molecule has 0 aliphatic carbocycles. The van der Waals surface area contributed by atoms with Crippen LogP contribution in [0.4, 0.5) is 28.4 Å². The van der Waals surface area contributed by atoms with Gasteiger partial charge in [-0.1, -0.05) is 13.8 Å². The van der Waals surface area contributed by atoms with Crippen LogP contribution in [0.2, 0.25) is 0 Å². The maximum absolute atomic E-state index is 13.2. The minimum atomic E-state index is -1.83. The van der Waals surface area contributed by atoms with Gasteiger partial charge in [-0.25, -0.2) is 14.8 Å². The number of cyclic esters (lactones) is 1. The number of hydrogen-bond acceptors (Lipinski definition) is 13. The Balaban J connectivity index is 0.000000182. The van der Waals surface area contributed by atoms with Crippen LogP contribution in [0.15, 0.2) is 89.7 Å². The fraction of sp³-hybridized carbons (Fsp3) is 0.368. The third-order valence-electron chi connectivity index (χ3n) is 14.8. The molecule has 73 heavy (non-hydrogen) atoms. The van der Waals surface area contributed by atoms with Crippen LogP contribution in [-0.2, 0) is 44.3 Å². The van der Waals surface area contributed by atoms with E-state index >= 15 is 0 Å². The molecule has 0 unspecified atom stereocenters. The zero-order chi connectivity index (χ0) is 51.0. The number of pyridine rings is 3. The van der Waals surface area contributed by atoms with Gasteiger partial charge in [-0.15, -0.1) is 0 Å². The summed E-state index contributed by atoms with van der Waals surface area (Å²) < 4.78 is 6.73. The number of phenolic OH excluding ortho intramolecular Hbond substituents is 1. The first kappa shape index (κ1) is 49.2. The lowest BCUT2D eigenvalue weighted by Crippen LogP contribution is -2.44. The van der Waals surface area contributed by atoms with Gasteiger partial charge in [-0.3, -0.25) is 14.4 Å². The Morgan fingerprint density at radius 2 is 1.30 bits per heavy atom. The fourth-order valence-electron chi connectivity index (χ4n) is 10.8. The van der Waals surface area contributed by atoms with Gasteiger partial charge in [0.05, 0.1) is 45.7 Å². The van der Waals surface area contributed by atoms with Crippen molar-refractivity contribution in [3.05, 3.63) is 118 Å². The van der Waals surface area contributed by atoms with E-state index in [0.29, 0.717) is 48.3 Å². The summed E-state index contributed by atoms with van der Waals surface area (Å²) in [5, 5.41) is 33.4. The third kappa shape index (κ3) is 9.94. The van der Waals surface area contributed by atoms with Crippen molar-refractivity contribution < 1.29 is 29.3 Å². The summed E-state index contributed by atoms with van der Waals surface area (Å²) >= 11 is 0. The monoisotopic (exact) mass is 985 g/mol. The number of amides is 2. The van der Waals surface area contributed by atoms with Crippen molar-refractivity contribution in [3.8, 4) is 17.1 Å². The van der Waals surface area contributed by atoms with Gasteiger partial charge >= 0.3 is 5.97 Å². The molecule has 4 aromatic carbocycles. The summed E-state index contributed by atoms with van der Waals surface area (Å²) in [5.74, 6) is -0.544. The first-order valence-corrected chi connectivity index (χ1v) is 25.6. The molecule has 0 bridgehead atoms. The van der Waals surface area contributed by atoms with Crippen LogP contribution in [0.5, 0.6) is 5.75 Å². The van der Waals surface area contributed by atoms with Crippen molar-refractivity contribution in [2.24, 2.45) is 0 Å². The van der Waals surface area contributed by atoms with Crippen molar-refractivity contribution in [1.29, 1.82) is 0 Å². The molecule has 0 radical (unpaired) electrons. The zero-order valence-corrected chi connectivity index (χ0v) is 42.0. The first-order valence-electron chi connectivity index (χ1n) is 25.6. The minimum Gasteiger partial charge on any atom is -0.508 e. The SMILES string of the molecule is CCc1c2c(nc3ccc(O)cc13)-c1cc3c(c(=O)n1C2)COC(=O)[C@]3(O)CC.CN(C)c1ccc(Nc2c3ccc(NC(=O)CCN4CCCC4)cc3nc3cc(NC(=O)CCN4CCCC4)ccc23)cc1. The van der Waals surface area contributed by atoms with E-state index in [-0.39, 0.29) is 36.2 Å². The minimum absolute atomic E-state index is 0.00954. The number of fused-ring (bicyclic) bond motifs is 7. The van der Waals surface area contributed by atoms with Crippen molar-refractivity contribution in [2.75, 3.05) is 74.2 Å². The Labute approximate surface area is 424 Å². The highest BCUT2D eigenvalue weighted by Gasteiger charge is 2.45. The summed E-state index contributed by atoms with van der Waals surface area (Å²) in [6.45, 7) is 9.81. The molecule has 0 spiro atoms. The number of esters is 1. The van der Waals surface area contributed by atoms with Crippen LogP contribution in [0.1, 0.15) is 81.0 Å². The van der Waals surface area contributed by atoms with E-state index < -0.39 is 11.6 Å². The molecule has 7 heterocycles. The van der Waals surface area contributed by atoms with Crippen LogP contribution >= 0.6 is 0 Å². The van der Waals surface area contributed by atoms with E-state index in [1.54, 1.807) is 35.8 Å². The molecule has 5 N–H and O–H groups in total. The number of carbonyl (C=O) groups excluding carboxylic acids is 3. The number of aryl methyl sites for hydroxylation is 1. The molecule has 11 rings (SSSR count). The maximum Gasteiger partial charge on any atom is 0.343 e. The number of nitrogens with one attached hydrogen (secondary N) is 3. The lowest BCUT2D eigenvalue weighted by molar-refractivity contribution is -0.172. The van der Waals surface area contributed by atoms with Crippen LogP contribution < -0.4 is 26.4 Å².